The van der Waals surface area contributed by atoms with Crippen molar-refractivity contribution in [2.45, 2.75) is 19.8 Å². The summed E-state index contributed by atoms with van der Waals surface area (Å²) in [6.45, 7) is 5.13. The van der Waals surface area contributed by atoms with E-state index in [1.54, 1.807) is 6.08 Å². The zero-order valence-electron chi connectivity index (χ0n) is 6.63. The predicted octanol–water partition coefficient (Wildman–Crippen LogP) is 1.08. The monoisotopic (exact) mass is 156 g/mol. The number of hydrogen-bond acceptors (Lipinski definition) is 3. The molecule has 0 aliphatic carbocycles. The van der Waals surface area contributed by atoms with Crippen LogP contribution in [0.4, 0.5) is 0 Å². The van der Waals surface area contributed by atoms with Crippen LogP contribution in [0.1, 0.15) is 19.8 Å². The molecular weight excluding hydrogens is 144 g/mol. The second-order valence-electron chi connectivity index (χ2n) is 2.18. The fraction of sp³-hybridized carbons (Fsp3) is 0.500. The summed E-state index contributed by atoms with van der Waals surface area (Å²) in [4.78, 5) is 21.0. The summed E-state index contributed by atoms with van der Waals surface area (Å²) in [6.07, 6.45) is 2.15. The van der Waals surface area contributed by atoms with Gasteiger partial charge >= 0.3 is 5.97 Å². The lowest BCUT2D eigenvalue weighted by Crippen LogP contribution is -2.09. The molecule has 0 saturated heterocycles. The largest absolute Gasteiger partial charge is 0.465 e. The summed E-state index contributed by atoms with van der Waals surface area (Å²) in [5, 5.41) is 0. The Balaban J connectivity index is 3.37. The molecule has 0 bridgehead atoms. The molecule has 0 fully saturated rings. The molecule has 3 heteroatoms. The molecule has 0 rings (SSSR count). The average Bonchev–Trinajstić information content (AvgIpc) is 1.86. The molecule has 11 heavy (non-hydrogen) atoms. The molecule has 0 unspecified atom stereocenters. The zero-order valence-corrected chi connectivity index (χ0v) is 6.63. The number of rotatable bonds is 5. The van der Waals surface area contributed by atoms with Gasteiger partial charge in [0.25, 0.3) is 0 Å². The summed E-state index contributed by atoms with van der Waals surface area (Å²) < 4.78 is 4.66. The molecule has 0 radical (unpaired) electrons. The lowest BCUT2D eigenvalue weighted by molar-refractivity contribution is -0.145. The summed E-state index contributed by atoms with van der Waals surface area (Å²) >= 11 is 0. The van der Waals surface area contributed by atoms with Gasteiger partial charge in [-0.25, -0.2) is 0 Å². The van der Waals surface area contributed by atoms with E-state index in [9.17, 15) is 9.59 Å². The zero-order chi connectivity index (χ0) is 8.69. The summed E-state index contributed by atoms with van der Waals surface area (Å²) in [7, 11) is 0. The van der Waals surface area contributed by atoms with Gasteiger partial charge in [-0.15, -0.1) is 6.58 Å². The fourth-order valence-corrected chi connectivity index (χ4v) is 0.510. The normalized spacial score (nSPS) is 8.82. The first-order valence-electron chi connectivity index (χ1n) is 3.42. The van der Waals surface area contributed by atoms with Crippen molar-refractivity contribution >= 4 is 11.8 Å². The quantitative estimate of drug-likeness (QED) is 0.259. The number of esters is 1. The van der Waals surface area contributed by atoms with Crippen molar-refractivity contribution < 1.29 is 14.3 Å². The summed E-state index contributed by atoms with van der Waals surface area (Å²) in [6, 6.07) is 0. The van der Waals surface area contributed by atoms with Crippen molar-refractivity contribution in [3.05, 3.63) is 12.7 Å². The highest BCUT2D eigenvalue weighted by atomic mass is 16.5. The van der Waals surface area contributed by atoms with Gasteiger partial charge in [-0.2, -0.15) is 0 Å². The van der Waals surface area contributed by atoms with E-state index in [1.807, 2.05) is 0 Å². The lowest BCUT2D eigenvalue weighted by atomic mass is 10.3. The van der Waals surface area contributed by atoms with Crippen LogP contribution in [0.25, 0.3) is 0 Å². The minimum Gasteiger partial charge on any atom is -0.465 e. The average molecular weight is 156 g/mol. The molecule has 0 N–H and O–H groups in total. The first-order chi connectivity index (χ1) is 5.16. The first-order valence-corrected chi connectivity index (χ1v) is 3.42. The van der Waals surface area contributed by atoms with Crippen molar-refractivity contribution in [2.24, 2.45) is 0 Å². The highest BCUT2D eigenvalue weighted by Gasteiger charge is 2.04. The standard InChI is InChI=1S/C8H12O3/c1-3-4-5-11-8(10)6-7(2)9/h3H,1,4-6H2,2H3. The second kappa shape index (κ2) is 5.65. The minimum atomic E-state index is -0.459. The lowest BCUT2D eigenvalue weighted by Gasteiger charge is -1.99. The van der Waals surface area contributed by atoms with Gasteiger partial charge in [0.1, 0.15) is 12.2 Å². The Kier molecular flexibility index (Phi) is 5.07. The van der Waals surface area contributed by atoms with Crippen LogP contribution in [0.3, 0.4) is 0 Å². The molecule has 62 valence electrons. The van der Waals surface area contributed by atoms with Gasteiger partial charge in [0.2, 0.25) is 0 Å². The maximum atomic E-state index is 10.7. The van der Waals surface area contributed by atoms with Crippen LogP contribution in [-0.2, 0) is 14.3 Å². The molecule has 0 aliphatic heterocycles. The maximum absolute atomic E-state index is 10.7. The summed E-state index contributed by atoms with van der Waals surface area (Å²) in [5.74, 6) is -0.632. The number of ketones is 1. The highest BCUT2D eigenvalue weighted by molar-refractivity contribution is 5.94. The van der Waals surface area contributed by atoms with Crippen LogP contribution in [0, 0.1) is 0 Å². The molecule has 0 atom stereocenters. The van der Waals surface area contributed by atoms with E-state index in [4.69, 9.17) is 0 Å². The molecule has 0 aromatic heterocycles. The molecule has 0 aromatic carbocycles. The van der Waals surface area contributed by atoms with E-state index in [1.165, 1.54) is 6.92 Å². The first kappa shape index (κ1) is 9.88. The van der Waals surface area contributed by atoms with Crippen LogP contribution in [0.15, 0.2) is 12.7 Å². The van der Waals surface area contributed by atoms with Gasteiger partial charge in [0, 0.05) is 0 Å². The van der Waals surface area contributed by atoms with Gasteiger partial charge in [-0.3, -0.25) is 9.59 Å². The van der Waals surface area contributed by atoms with Gasteiger partial charge in [0.05, 0.1) is 6.61 Å². The number of ether oxygens (including phenoxy) is 1. The Morgan fingerprint density at radius 3 is 2.64 bits per heavy atom. The smallest absolute Gasteiger partial charge is 0.313 e. The van der Waals surface area contributed by atoms with Gasteiger partial charge in [-0.05, 0) is 13.3 Å². The maximum Gasteiger partial charge on any atom is 0.313 e. The topological polar surface area (TPSA) is 43.4 Å². The third-order valence-corrected chi connectivity index (χ3v) is 0.978. The fourth-order valence-electron chi connectivity index (χ4n) is 0.510. The SMILES string of the molecule is C=CCCOC(=O)CC(C)=O. The molecular formula is C8H12O3. The predicted molar refractivity (Wildman–Crippen MR) is 41.1 cm³/mol. The van der Waals surface area contributed by atoms with Crippen molar-refractivity contribution in [3.63, 3.8) is 0 Å². The Morgan fingerprint density at radius 1 is 1.55 bits per heavy atom. The van der Waals surface area contributed by atoms with Gasteiger partial charge < -0.3 is 4.74 Å². The Bertz CT molecular complexity index is 161. The van der Waals surface area contributed by atoms with Crippen LogP contribution in [0.5, 0.6) is 0 Å². The van der Waals surface area contributed by atoms with E-state index in [0.717, 1.165) is 0 Å². The molecule has 0 spiro atoms. The van der Waals surface area contributed by atoms with Crippen molar-refractivity contribution in [1.29, 1.82) is 0 Å². The molecule has 0 aliphatic rings. The van der Waals surface area contributed by atoms with E-state index in [-0.39, 0.29) is 12.2 Å². The molecule has 0 amide bonds. The van der Waals surface area contributed by atoms with Crippen molar-refractivity contribution in [3.8, 4) is 0 Å². The number of carbonyl (C=O) groups is 2. The number of hydrogen-bond donors (Lipinski definition) is 0. The van der Waals surface area contributed by atoms with Crippen molar-refractivity contribution in [2.75, 3.05) is 6.61 Å². The summed E-state index contributed by atoms with van der Waals surface area (Å²) in [5.41, 5.74) is 0. The number of Topliss-reactive ketones (excluding diaryl/α,β-unsaturated/α-hetero) is 1. The van der Waals surface area contributed by atoms with Crippen molar-refractivity contribution in [1.82, 2.24) is 0 Å². The third kappa shape index (κ3) is 6.77. The Hall–Kier alpha value is -1.12. The highest BCUT2D eigenvalue weighted by Crippen LogP contribution is 1.89. The van der Waals surface area contributed by atoms with Crippen LogP contribution < -0.4 is 0 Å². The van der Waals surface area contributed by atoms with E-state index >= 15 is 0 Å². The minimum absolute atomic E-state index is 0.128. The van der Waals surface area contributed by atoms with E-state index in [0.29, 0.717) is 13.0 Å². The van der Waals surface area contributed by atoms with Crippen LogP contribution >= 0.6 is 0 Å². The van der Waals surface area contributed by atoms with E-state index in [2.05, 4.69) is 11.3 Å². The van der Waals surface area contributed by atoms with Gasteiger partial charge in [0.15, 0.2) is 0 Å². The number of carbonyl (C=O) groups excluding carboxylic acids is 2. The van der Waals surface area contributed by atoms with E-state index < -0.39 is 5.97 Å². The molecule has 0 aromatic rings. The van der Waals surface area contributed by atoms with Gasteiger partial charge in [-0.1, -0.05) is 6.08 Å². The Labute approximate surface area is 66.0 Å². The molecule has 3 nitrogen and oxygen atoms in total. The molecule has 0 saturated carbocycles. The Morgan fingerprint density at radius 2 is 2.18 bits per heavy atom. The third-order valence-electron chi connectivity index (χ3n) is 0.978. The second-order valence-corrected chi connectivity index (χ2v) is 2.18. The molecule has 0 heterocycles. The van der Waals surface area contributed by atoms with Crippen LogP contribution in [0.2, 0.25) is 0 Å². The van der Waals surface area contributed by atoms with Crippen LogP contribution in [-0.4, -0.2) is 18.4 Å².